The Hall–Kier alpha value is -1.23. The van der Waals surface area contributed by atoms with Gasteiger partial charge in [0.15, 0.2) is 0 Å². The van der Waals surface area contributed by atoms with Crippen LogP contribution in [-0.2, 0) is 0 Å². The van der Waals surface area contributed by atoms with Crippen LogP contribution in [-0.4, -0.2) is 18.0 Å². The molecule has 0 fully saturated rings. The van der Waals surface area contributed by atoms with Crippen molar-refractivity contribution in [3.05, 3.63) is 24.4 Å². The fourth-order valence-corrected chi connectivity index (χ4v) is 0.930. The van der Waals surface area contributed by atoms with Crippen molar-refractivity contribution < 1.29 is 0 Å². The number of nitrogens with zero attached hydrogens (tertiary/aromatic N) is 2. The average molecular weight is 134 g/mol. The van der Waals surface area contributed by atoms with Crippen LogP contribution < -0.4 is 0 Å². The van der Waals surface area contributed by atoms with E-state index in [0.717, 1.165) is 0 Å². The molecule has 0 aromatic carbocycles. The molecule has 1 atom stereocenters. The highest BCUT2D eigenvalue weighted by atomic mass is 15.1. The lowest BCUT2D eigenvalue weighted by Gasteiger charge is -2.23. The lowest BCUT2D eigenvalue weighted by atomic mass is 10.1. The molecule has 0 N–H and O–H groups in total. The fourth-order valence-electron chi connectivity index (χ4n) is 0.930. The summed E-state index contributed by atoms with van der Waals surface area (Å²) in [5.41, 5.74) is 0. The molecule has 2 heteroatoms. The summed E-state index contributed by atoms with van der Waals surface area (Å²) in [5.74, 6) is 0. The molecule has 10 heavy (non-hydrogen) atoms. The molecule has 52 valence electrons. The van der Waals surface area contributed by atoms with E-state index in [4.69, 9.17) is 5.26 Å². The van der Waals surface area contributed by atoms with Crippen LogP contribution in [0.25, 0.3) is 0 Å². The van der Waals surface area contributed by atoms with Gasteiger partial charge in [-0.3, -0.25) is 0 Å². The maximum absolute atomic E-state index is 8.40. The summed E-state index contributed by atoms with van der Waals surface area (Å²) < 4.78 is 0. The summed E-state index contributed by atoms with van der Waals surface area (Å²) in [6, 6.07) is 2.41. The lowest BCUT2D eigenvalue weighted by molar-refractivity contribution is 0.384. The van der Waals surface area contributed by atoms with E-state index in [1.54, 1.807) is 0 Å². The van der Waals surface area contributed by atoms with Crippen molar-refractivity contribution in [1.29, 1.82) is 5.26 Å². The maximum atomic E-state index is 8.40. The standard InChI is InChI=1S/C8H10N2/c1-10-7-3-2-4-8(10)5-6-9/h2-4,7-8H,5H2,1H3. The van der Waals surface area contributed by atoms with Gasteiger partial charge in [0, 0.05) is 7.05 Å². The van der Waals surface area contributed by atoms with Gasteiger partial charge in [0.05, 0.1) is 18.5 Å². The monoisotopic (exact) mass is 134 g/mol. The predicted molar refractivity (Wildman–Crippen MR) is 40.1 cm³/mol. The van der Waals surface area contributed by atoms with Gasteiger partial charge in [-0.15, -0.1) is 0 Å². The molecule has 1 rings (SSSR count). The molecule has 0 aromatic rings. The Morgan fingerprint density at radius 2 is 2.40 bits per heavy atom. The zero-order chi connectivity index (χ0) is 7.40. The fraction of sp³-hybridized carbons (Fsp3) is 0.375. The third-order valence-electron chi connectivity index (χ3n) is 1.59. The Labute approximate surface area is 61.1 Å². The predicted octanol–water partition coefficient (Wildman–Crippen LogP) is 1.28. The van der Waals surface area contributed by atoms with Crippen molar-refractivity contribution in [3.8, 4) is 6.07 Å². The van der Waals surface area contributed by atoms with Gasteiger partial charge in [-0.25, -0.2) is 0 Å². The first-order valence-corrected chi connectivity index (χ1v) is 3.28. The molecule has 0 saturated carbocycles. The summed E-state index contributed by atoms with van der Waals surface area (Å²) in [4.78, 5) is 2.03. The van der Waals surface area contributed by atoms with Crippen LogP contribution in [0.15, 0.2) is 24.4 Å². The van der Waals surface area contributed by atoms with E-state index in [1.807, 2.05) is 36.4 Å². The average Bonchev–Trinajstić information content (AvgIpc) is 1.94. The number of likely N-dealkylation sites (N-methyl/N-ethyl adjacent to an activating group) is 1. The molecule has 2 nitrogen and oxygen atoms in total. The first-order valence-electron chi connectivity index (χ1n) is 3.28. The minimum Gasteiger partial charge on any atom is -0.373 e. The highest BCUT2D eigenvalue weighted by Crippen LogP contribution is 2.07. The Morgan fingerprint density at radius 3 is 3.00 bits per heavy atom. The third-order valence-corrected chi connectivity index (χ3v) is 1.59. The second-order valence-electron chi connectivity index (χ2n) is 2.32. The van der Waals surface area contributed by atoms with Gasteiger partial charge in [0.25, 0.3) is 0 Å². The number of hydrogen-bond acceptors (Lipinski definition) is 2. The topological polar surface area (TPSA) is 27.0 Å². The summed E-state index contributed by atoms with van der Waals surface area (Å²) >= 11 is 0. The Balaban J connectivity index is 2.54. The molecule has 1 unspecified atom stereocenters. The number of nitriles is 1. The number of allylic oxidation sites excluding steroid dienone is 2. The van der Waals surface area contributed by atoms with E-state index in [2.05, 4.69) is 6.07 Å². The molecule has 0 aromatic heterocycles. The quantitative estimate of drug-likeness (QED) is 0.540. The largest absolute Gasteiger partial charge is 0.373 e. The Morgan fingerprint density at radius 1 is 1.60 bits per heavy atom. The van der Waals surface area contributed by atoms with Crippen LogP contribution in [0.3, 0.4) is 0 Å². The highest BCUT2D eigenvalue weighted by molar-refractivity contribution is 5.13. The Kier molecular flexibility index (Phi) is 2.11. The second-order valence-corrected chi connectivity index (χ2v) is 2.32. The molecular formula is C8H10N2. The summed E-state index contributed by atoms with van der Waals surface area (Å²) in [6.07, 6.45) is 8.51. The highest BCUT2D eigenvalue weighted by Gasteiger charge is 2.08. The normalized spacial score (nSPS) is 22.8. The minimum absolute atomic E-state index is 0.273. The lowest BCUT2D eigenvalue weighted by Crippen LogP contribution is -2.25. The van der Waals surface area contributed by atoms with Gasteiger partial charge in [-0.1, -0.05) is 12.2 Å². The van der Waals surface area contributed by atoms with Gasteiger partial charge in [-0.2, -0.15) is 5.26 Å². The molecule has 1 aliphatic rings. The van der Waals surface area contributed by atoms with Crippen molar-refractivity contribution in [2.24, 2.45) is 0 Å². The molecule has 0 bridgehead atoms. The third kappa shape index (κ3) is 1.38. The van der Waals surface area contributed by atoms with Gasteiger partial charge in [0.1, 0.15) is 0 Å². The Bertz CT molecular complexity index is 198. The van der Waals surface area contributed by atoms with Crippen LogP contribution in [0, 0.1) is 11.3 Å². The van der Waals surface area contributed by atoms with Crippen molar-refractivity contribution in [3.63, 3.8) is 0 Å². The summed E-state index contributed by atoms with van der Waals surface area (Å²) in [5, 5.41) is 8.40. The van der Waals surface area contributed by atoms with Crippen LogP contribution in [0.4, 0.5) is 0 Å². The van der Waals surface area contributed by atoms with Gasteiger partial charge >= 0.3 is 0 Å². The molecule has 1 aliphatic heterocycles. The van der Waals surface area contributed by atoms with Gasteiger partial charge in [0.2, 0.25) is 0 Å². The number of rotatable bonds is 1. The van der Waals surface area contributed by atoms with Crippen LogP contribution in [0.5, 0.6) is 0 Å². The summed E-state index contributed by atoms with van der Waals surface area (Å²) in [6.45, 7) is 0. The zero-order valence-electron chi connectivity index (χ0n) is 5.99. The SMILES string of the molecule is CN1C=CC=CC1CC#N. The van der Waals surface area contributed by atoms with Crippen molar-refractivity contribution in [2.75, 3.05) is 7.05 Å². The van der Waals surface area contributed by atoms with Gasteiger partial charge in [-0.05, 0) is 12.3 Å². The molecule has 0 saturated heterocycles. The summed E-state index contributed by atoms with van der Waals surface area (Å²) in [7, 11) is 1.97. The van der Waals surface area contributed by atoms with Crippen LogP contribution in [0.2, 0.25) is 0 Å². The van der Waals surface area contributed by atoms with Gasteiger partial charge < -0.3 is 4.90 Å². The van der Waals surface area contributed by atoms with E-state index >= 15 is 0 Å². The zero-order valence-corrected chi connectivity index (χ0v) is 5.99. The minimum atomic E-state index is 0.273. The van der Waals surface area contributed by atoms with Crippen LogP contribution >= 0.6 is 0 Å². The van der Waals surface area contributed by atoms with E-state index < -0.39 is 0 Å². The molecule has 0 spiro atoms. The molecule has 0 radical (unpaired) electrons. The molecular weight excluding hydrogens is 124 g/mol. The number of hydrogen-bond donors (Lipinski definition) is 0. The van der Waals surface area contributed by atoms with E-state index in [-0.39, 0.29) is 6.04 Å². The van der Waals surface area contributed by atoms with Crippen molar-refractivity contribution in [1.82, 2.24) is 4.90 Å². The van der Waals surface area contributed by atoms with E-state index in [0.29, 0.717) is 6.42 Å². The van der Waals surface area contributed by atoms with E-state index in [9.17, 15) is 0 Å². The first-order chi connectivity index (χ1) is 4.84. The maximum Gasteiger partial charge on any atom is 0.0646 e. The van der Waals surface area contributed by atoms with Crippen molar-refractivity contribution in [2.45, 2.75) is 12.5 Å². The second kappa shape index (κ2) is 3.07. The molecule has 0 aliphatic carbocycles. The molecule has 0 amide bonds. The molecule has 1 heterocycles. The van der Waals surface area contributed by atoms with Crippen molar-refractivity contribution >= 4 is 0 Å². The van der Waals surface area contributed by atoms with Crippen LogP contribution in [0.1, 0.15) is 6.42 Å². The van der Waals surface area contributed by atoms with E-state index in [1.165, 1.54) is 0 Å². The first kappa shape index (κ1) is 6.88. The smallest absolute Gasteiger partial charge is 0.0646 e.